The number of rotatable bonds is 7. The molecule has 5 nitrogen and oxygen atoms in total. The van der Waals surface area contributed by atoms with Crippen LogP contribution in [0.15, 0.2) is 53.1 Å². The second-order valence-electron chi connectivity index (χ2n) is 7.08. The van der Waals surface area contributed by atoms with Crippen LogP contribution in [0.2, 0.25) is 0 Å². The van der Waals surface area contributed by atoms with Gasteiger partial charge in [-0.2, -0.15) is 0 Å². The number of nitrogens with one attached hydrogen (secondary N) is 1. The Morgan fingerprint density at radius 3 is 2.61 bits per heavy atom. The van der Waals surface area contributed by atoms with Crippen LogP contribution in [0.5, 0.6) is 0 Å². The van der Waals surface area contributed by atoms with Gasteiger partial charge in [0.2, 0.25) is 0 Å². The summed E-state index contributed by atoms with van der Waals surface area (Å²) in [5.74, 6) is -0.350. The molecule has 0 spiro atoms. The number of anilines is 1. The van der Waals surface area contributed by atoms with Gasteiger partial charge in [-0.1, -0.05) is 38.1 Å². The van der Waals surface area contributed by atoms with Crippen molar-refractivity contribution < 1.29 is 18.7 Å². The number of amides is 1. The molecule has 3 aromatic rings. The molecule has 1 heterocycles. The molecule has 0 fully saturated rings. The lowest BCUT2D eigenvalue weighted by molar-refractivity contribution is -0.146. The minimum Gasteiger partial charge on any atom is -0.464 e. The van der Waals surface area contributed by atoms with E-state index in [4.69, 9.17) is 9.15 Å². The van der Waals surface area contributed by atoms with Gasteiger partial charge in [0.1, 0.15) is 5.58 Å². The molecule has 0 saturated heterocycles. The Hall–Kier alpha value is -3.08. The van der Waals surface area contributed by atoms with Crippen molar-refractivity contribution in [3.63, 3.8) is 0 Å². The van der Waals surface area contributed by atoms with Gasteiger partial charge in [0.15, 0.2) is 6.61 Å². The molecular formula is C23H25NO4. The summed E-state index contributed by atoms with van der Waals surface area (Å²) < 4.78 is 10.6. The van der Waals surface area contributed by atoms with Gasteiger partial charge >= 0.3 is 5.97 Å². The molecule has 2 aromatic carbocycles. The standard InChI is InChI=1S/C23H25NO4/c1-4-16(3)17-6-8-19(9-7-17)24-22(25)14-28-23(26)12-18-13-27-21-11-15(2)5-10-20(18)21/h5-11,13,16H,4,12,14H2,1-3H3,(H,24,25)/t16-/m0/s1. The van der Waals surface area contributed by atoms with E-state index in [0.717, 1.165) is 28.5 Å². The van der Waals surface area contributed by atoms with E-state index in [1.165, 1.54) is 5.56 Å². The van der Waals surface area contributed by atoms with Crippen LogP contribution in [-0.4, -0.2) is 18.5 Å². The molecule has 146 valence electrons. The van der Waals surface area contributed by atoms with Crippen molar-refractivity contribution in [2.75, 3.05) is 11.9 Å². The van der Waals surface area contributed by atoms with Crippen LogP contribution in [0.4, 0.5) is 5.69 Å². The number of aryl methyl sites for hydroxylation is 1. The van der Waals surface area contributed by atoms with E-state index in [1.54, 1.807) is 6.26 Å². The smallest absolute Gasteiger partial charge is 0.310 e. The number of hydrogen-bond donors (Lipinski definition) is 1. The first-order chi connectivity index (χ1) is 13.5. The Kier molecular flexibility index (Phi) is 6.14. The summed E-state index contributed by atoms with van der Waals surface area (Å²) in [5, 5.41) is 3.62. The first-order valence-electron chi connectivity index (χ1n) is 9.48. The van der Waals surface area contributed by atoms with Gasteiger partial charge in [0, 0.05) is 16.6 Å². The lowest BCUT2D eigenvalue weighted by Crippen LogP contribution is -2.21. The number of esters is 1. The Balaban J connectivity index is 1.50. The van der Waals surface area contributed by atoms with Crippen LogP contribution in [0.25, 0.3) is 11.0 Å². The summed E-state index contributed by atoms with van der Waals surface area (Å²) in [7, 11) is 0. The molecule has 1 amide bonds. The molecule has 1 atom stereocenters. The van der Waals surface area contributed by atoms with Crippen LogP contribution in [0.1, 0.15) is 42.9 Å². The van der Waals surface area contributed by atoms with Crippen molar-refractivity contribution in [3.05, 3.63) is 65.4 Å². The quantitative estimate of drug-likeness (QED) is 0.588. The fourth-order valence-electron chi connectivity index (χ4n) is 3.01. The first-order valence-corrected chi connectivity index (χ1v) is 9.48. The molecular weight excluding hydrogens is 354 g/mol. The summed E-state index contributed by atoms with van der Waals surface area (Å²) in [4.78, 5) is 24.1. The molecule has 0 aliphatic rings. The molecule has 1 N–H and O–H groups in total. The van der Waals surface area contributed by atoms with Crippen molar-refractivity contribution in [3.8, 4) is 0 Å². The second-order valence-corrected chi connectivity index (χ2v) is 7.08. The van der Waals surface area contributed by atoms with Crippen molar-refractivity contribution in [2.24, 2.45) is 0 Å². The maximum Gasteiger partial charge on any atom is 0.310 e. The number of ether oxygens (including phenoxy) is 1. The third-order valence-corrected chi connectivity index (χ3v) is 4.89. The topological polar surface area (TPSA) is 68.5 Å². The van der Waals surface area contributed by atoms with Gasteiger partial charge < -0.3 is 14.5 Å². The predicted octanol–water partition coefficient (Wildman–Crippen LogP) is 4.98. The fraction of sp³-hybridized carbons (Fsp3) is 0.304. The highest BCUT2D eigenvalue weighted by molar-refractivity contribution is 5.93. The van der Waals surface area contributed by atoms with E-state index in [-0.39, 0.29) is 18.9 Å². The minimum atomic E-state index is -0.467. The van der Waals surface area contributed by atoms with Gasteiger partial charge in [-0.3, -0.25) is 9.59 Å². The zero-order valence-electron chi connectivity index (χ0n) is 16.5. The number of hydrogen-bond acceptors (Lipinski definition) is 4. The lowest BCUT2D eigenvalue weighted by Gasteiger charge is -2.10. The van der Waals surface area contributed by atoms with Crippen molar-refractivity contribution in [2.45, 2.75) is 39.5 Å². The highest BCUT2D eigenvalue weighted by Crippen LogP contribution is 2.23. The predicted molar refractivity (Wildman–Crippen MR) is 109 cm³/mol. The van der Waals surface area contributed by atoms with E-state index in [9.17, 15) is 9.59 Å². The van der Waals surface area contributed by atoms with Crippen molar-refractivity contribution >= 4 is 28.5 Å². The summed E-state index contributed by atoms with van der Waals surface area (Å²) in [6, 6.07) is 13.5. The summed E-state index contributed by atoms with van der Waals surface area (Å²) in [6.07, 6.45) is 2.68. The van der Waals surface area contributed by atoms with Gasteiger partial charge in [-0.15, -0.1) is 0 Å². The van der Waals surface area contributed by atoms with Crippen molar-refractivity contribution in [1.29, 1.82) is 0 Å². The molecule has 0 unspecified atom stereocenters. The third kappa shape index (κ3) is 4.80. The Labute approximate surface area is 164 Å². The maximum absolute atomic E-state index is 12.1. The average Bonchev–Trinajstić information content (AvgIpc) is 3.08. The van der Waals surface area contributed by atoms with Gasteiger partial charge in [0.25, 0.3) is 5.91 Å². The summed E-state index contributed by atoms with van der Waals surface area (Å²) in [6.45, 7) is 5.97. The SMILES string of the molecule is CC[C@H](C)c1ccc(NC(=O)COC(=O)Cc2coc3cc(C)ccc23)cc1. The second kappa shape index (κ2) is 8.74. The van der Waals surface area contributed by atoms with Gasteiger partial charge in [0.05, 0.1) is 12.7 Å². The van der Waals surface area contributed by atoms with Crippen molar-refractivity contribution in [1.82, 2.24) is 0 Å². The number of fused-ring (bicyclic) bond motifs is 1. The zero-order valence-corrected chi connectivity index (χ0v) is 16.5. The highest BCUT2D eigenvalue weighted by Gasteiger charge is 2.13. The first kappa shape index (κ1) is 19.7. The monoisotopic (exact) mass is 379 g/mol. The number of carbonyl (C=O) groups is 2. The molecule has 0 saturated carbocycles. The molecule has 0 bridgehead atoms. The number of furan rings is 1. The Morgan fingerprint density at radius 2 is 1.89 bits per heavy atom. The maximum atomic E-state index is 12.1. The van der Waals surface area contributed by atoms with Gasteiger partial charge in [-0.25, -0.2) is 0 Å². The molecule has 5 heteroatoms. The highest BCUT2D eigenvalue weighted by atomic mass is 16.5. The van der Waals surface area contributed by atoms with Gasteiger partial charge in [-0.05, 0) is 48.6 Å². The number of carbonyl (C=O) groups excluding carboxylic acids is 2. The largest absolute Gasteiger partial charge is 0.464 e. The van der Waals surface area contributed by atoms with Crippen LogP contribution in [0, 0.1) is 6.92 Å². The molecule has 1 aromatic heterocycles. The Bertz CT molecular complexity index is 972. The lowest BCUT2D eigenvalue weighted by atomic mass is 9.99. The summed E-state index contributed by atoms with van der Waals surface area (Å²) >= 11 is 0. The van der Waals surface area contributed by atoms with Crippen LogP contribution in [-0.2, 0) is 20.7 Å². The Morgan fingerprint density at radius 1 is 1.14 bits per heavy atom. The normalized spacial score (nSPS) is 12.0. The van der Waals surface area contributed by atoms with E-state index >= 15 is 0 Å². The summed E-state index contributed by atoms with van der Waals surface area (Å²) in [5.41, 5.74) is 4.49. The molecule has 28 heavy (non-hydrogen) atoms. The van der Waals surface area contributed by atoms with Crippen LogP contribution in [0.3, 0.4) is 0 Å². The van der Waals surface area contributed by atoms with E-state index in [2.05, 4.69) is 19.2 Å². The van der Waals surface area contributed by atoms with E-state index in [0.29, 0.717) is 11.6 Å². The molecule has 0 radical (unpaired) electrons. The molecule has 0 aliphatic carbocycles. The van der Waals surface area contributed by atoms with Crippen LogP contribution >= 0.6 is 0 Å². The average molecular weight is 379 g/mol. The number of benzene rings is 2. The zero-order chi connectivity index (χ0) is 20.1. The fourth-order valence-corrected chi connectivity index (χ4v) is 3.01. The van der Waals surface area contributed by atoms with E-state index in [1.807, 2.05) is 49.4 Å². The van der Waals surface area contributed by atoms with E-state index < -0.39 is 5.97 Å². The minimum absolute atomic E-state index is 0.0624. The van der Waals surface area contributed by atoms with Crippen LogP contribution < -0.4 is 5.32 Å². The molecule has 3 rings (SSSR count). The third-order valence-electron chi connectivity index (χ3n) is 4.89. The molecule has 0 aliphatic heterocycles.